The second-order valence-electron chi connectivity index (χ2n) is 2.82. The van der Waals surface area contributed by atoms with Gasteiger partial charge in [-0.1, -0.05) is 26.7 Å². The van der Waals surface area contributed by atoms with E-state index in [4.69, 9.17) is 0 Å². The molecule has 18 heavy (non-hydrogen) atoms. The fraction of sp³-hybridized carbons (Fsp3) is 1.00. The molecule has 10 heteroatoms. The topological polar surface area (TPSA) is 98.7 Å². The van der Waals surface area contributed by atoms with E-state index in [0.29, 0.717) is 13.2 Å². The van der Waals surface area contributed by atoms with Gasteiger partial charge in [0.2, 0.25) is 0 Å². The van der Waals surface area contributed by atoms with Crippen molar-refractivity contribution in [1.82, 2.24) is 0 Å². The van der Waals surface area contributed by atoms with Crippen molar-refractivity contribution in [3.63, 3.8) is 0 Å². The SMILES string of the molecule is CCCCO[P+](=O)[O-].CCCCO[P+](=O)[O-].[K+].[K+]. The molecule has 0 aromatic rings. The van der Waals surface area contributed by atoms with E-state index in [1.165, 1.54) is 0 Å². The van der Waals surface area contributed by atoms with Crippen molar-refractivity contribution in [2.24, 2.45) is 0 Å². The molecule has 2 unspecified atom stereocenters. The standard InChI is InChI=1S/2C4H9O3P.2K/c2*1-2-3-4-7-8(5)6;;/h2*2-4H2,1H3;;/q;;2*+1. The first-order valence-corrected chi connectivity index (χ1v) is 7.28. The zero-order chi connectivity index (χ0) is 12.8. The summed E-state index contributed by atoms with van der Waals surface area (Å²) in [6.45, 7) is 4.60. The first-order valence-electron chi connectivity index (χ1n) is 5.09. The summed E-state index contributed by atoms with van der Waals surface area (Å²) in [7, 11) is -5.22. The minimum Gasteiger partial charge on any atom is -0.566 e. The molecule has 0 heterocycles. The fourth-order valence-corrected chi connectivity index (χ4v) is 1.12. The summed E-state index contributed by atoms with van der Waals surface area (Å²) in [6.07, 6.45) is 3.54. The van der Waals surface area contributed by atoms with Crippen molar-refractivity contribution in [2.75, 3.05) is 13.2 Å². The normalized spacial score (nSPS) is 10.2. The third-order valence-corrected chi connectivity index (χ3v) is 2.18. The molecule has 0 amide bonds. The van der Waals surface area contributed by atoms with Gasteiger partial charge in [-0.2, -0.15) is 0 Å². The summed E-state index contributed by atoms with van der Waals surface area (Å²) < 4.78 is 27.8. The van der Waals surface area contributed by atoms with Crippen LogP contribution in [-0.4, -0.2) is 13.2 Å². The molecule has 0 bridgehead atoms. The van der Waals surface area contributed by atoms with Crippen LogP contribution in [0.3, 0.4) is 0 Å². The second-order valence-corrected chi connectivity index (χ2v) is 4.23. The summed E-state index contributed by atoms with van der Waals surface area (Å²) >= 11 is 0. The van der Waals surface area contributed by atoms with E-state index in [2.05, 4.69) is 9.05 Å². The van der Waals surface area contributed by atoms with Gasteiger partial charge in [0.05, 0.1) is 0 Å². The van der Waals surface area contributed by atoms with Crippen molar-refractivity contribution in [2.45, 2.75) is 39.5 Å². The van der Waals surface area contributed by atoms with Crippen LogP contribution < -0.4 is 113 Å². The molecule has 0 fully saturated rings. The Morgan fingerprint density at radius 1 is 0.833 bits per heavy atom. The Morgan fingerprint density at radius 2 is 1.11 bits per heavy atom. The molecule has 0 rings (SSSR count). The molecule has 0 radical (unpaired) electrons. The average molecular weight is 350 g/mol. The molecule has 2 atom stereocenters. The summed E-state index contributed by atoms with van der Waals surface area (Å²) in [4.78, 5) is 19.4. The molecular formula is C8H18K2O6P2+2. The zero-order valence-electron chi connectivity index (χ0n) is 11.6. The van der Waals surface area contributed by atoms with Crippen LogP contribution in [0.4, 0.5) is 0 Å². The van der Waals surface area contributed by atoms with Crippen LogP contribution in [0.25, 0.3) is 0 Å². The van der Waals surface area contributed by atoms with Gasteiger partial charge in [-0.25, -0.2) is 0 Å². The minimum atomic E-state index is -2.61. The number of hydrogen-bond donors (Lipinski definition) is 0. The molecule has 0 spiro atoms. The van der Waals surface area contributed by atoms with E-state index in [1.54, 1.807) is 0 Å². The Hall–Kier alpha value is 3.31. The average Bonchev–Trinajstić information content (AvgIpc) is 2.18. The molecule has 0 aliphatic rings. The minimum absolute atomic E-state index is 0. The smallest absolute Gasteiger partial charge is 0.566 e. The second kappa shape index (κ2) is 25.3. The number of hydrogen-bond acceptors (Lipinski definition) is 6. The largest absolute Gasteiger partial charge is 1.00 e. The molecule has 0 saturated carbocycles. The van der Waals surface area contributed by atoms with Crippen molar-refractivity contribution < 1.29 is 131 Å². The fourth-order valence-electron chi connectivity index (χ4n) is 0.567. The van der Waals surface area contributed by atoms with Gasteiger partial charge in [-0.15, -0.1) is 9.05 Å². The Balaban J connectivity index is -0.0000000980. The van der Waals surface area contributed by atoms with Gasteiger partial charge in [0, 0.05) is 0 Å². The van der Waals surface area contributed by atoms with Crippen LogP contribution in [0.5, 0.6) is 0 Å². The molecule has 0 aromatic heterocycles. The van der Waals surface area contributed by atoms with Gasteiger partial charge >= 0.3 is 119 Å². The van der Waals surface area contributed by atoms with Crippen LogP contribution in [0.1, 0.15) is 39.5 Å². The Kier molecular flexibility index (Phi) is 41.2. The first kappa shape index (κ1) is 29.3. The molecule has 0 N–H and O–H groups in total. The molecule has 0 aliphatic heterocycles. The third kappa shape index (κ3) is 36.5. The Bertz CT molecular complexity index is 176. The van der Waals surface area contributed by atoms with Crippen molar-refractivity contribution in [1.29, 1.82) is 0 Å². The van der Waals surface area contributed by atoms with Crippen LogP contribution in [0.2, 0.25) is 0 Å². The van der Waals surface area contributed by atoms with E-state index in [0.717, 1.165) is 25.7 Å². The van der Waals surface area contributed by atoms with E-state index in [9.17, 15) is 18.9 Å². The quantitative estimate of drug-likeness (QED) is 0.249. The molecular weight excluding hydrogens is 332 g/mol. The summed E-state index contributed by atoms with van der Waals surface area (Å²) in [5.74, 6) is 0. The Morgan fingerprint density at radius 3 is 1.28 bits per heavy atom. The molecule has 6 nitrogen and oxygen atoms in total. The monoisotopic (exact) mass is 350 g/mol. The zero-order valence-corrected chi connectivity index (χ0v) is 19.6. The van der Waals surface area contributed by atoms with Gasteiger partial charge in [-0.3, -0.25) is 0 Å². The Labute approximate surface area is 196 Å². The van der Waals surface area contributed by atoms with E-state index >= 15 is 0 Å². The van der Waals surface area contributed by atoms with Crippen molar-refractivity contribution >= 4 is 16.5 Å². The van der Waals surface area contributed by atoms with Crippen molar-refractivity contribution in [3.8, 4) is 0 Å². The van der Waals surface area contributed by atoms with Crippen LogP contribution in [0, 0.1) is 0 Å². The maximum atomic E-state index is 9.69. The molecule has 0 aromatic carbocycles. The maximum Gasteiger partial charge on any atom is 1.00 e. The third-order valence-electron chi connectivity index (χ3n) is 1.39. The van der Waals surface area contributed by atoms with Gasteiger partial charge in [0.25, 0.3) is 0 Å². The van der Waals surface area contributed by atoms with Crippen LogP contribution in [-0.2, 0) is 18.2 Å². The number of unbranched alkanes of at least 4 members (excludes halogenated alkanes) is 2. The van der Waals surface area contributed by atoms with E-state index in [1.807, 2.05) is 13.8 Å². The van der Waals surface area contributed by atoms with Gasteiger partial charge < -0.3 is 9.79 Å². The summed E-state index contributed by atoms with van der Waals surface area (Å²) in [6, 6.07) is 0. The number of rotatable bonds is 8. The van der Waals surface area contributed by atoms with Gasteiger partial charge in [0.1, 0.15) is 13.2 Å². The van der Waals surface area contributed by atoms with Crippen LogP contribution in [0.15, 0.2) is 0 Å². The molecule has 96 valence electrons. The summed E-state index contributed by atoms with van der Waals surface area (Å²) in [5, 5.41) is 0. The first-order chi connectivity index (χ1) is 7.54. The summed E-state index contributed by atoms with van der Waals surface area (Å²) in [5.41, 5.74) is 0. The maximum absolute atomic E-state index is 9.69. The molecule has 0 aliphatic carbocycles. The van der Waals surface area contributed by atoms with Crippen LogP contribution >= 0.6 is 16.5 Å². The van der Waals surface area contributed by atoms with E-state index < -0.39 is 16.5 Å². The van der Waals surface area contributed by atoms with E-state index in [-0.39, 0.29) is 103 Å². The predicted octanol–water partition coefficient (Wildman–Crippen LogP) is -4.35. The molecule has 0 saturated heterocycles. The van der Waals surface area contributed by atoms with Gasteiger partial charge in [0.15, 0.2) is 0 Å². The van der Waals surface area contributed by atoms with Crippen molar-refractivity contribution in [3.05, 3.63) is 0 Å². The van der Waals surface area contributed by atoms with Gasteiger partial charge in [-0.05, 0) is 22.0 Å². The predicted molar refractivity (Wildman–Crippen MR) is 56.9 cm³/mol.